The van der Waals surface area contributed by atoms with Gasteiger partial charge in [0.15, 0.2) is 10.3 Å². The molecule has 0 radical (unpaired) electrons. The third kappa shape index (κ3) is 11.3. The van der Waals surface area contributed by atoms with Crippen molar-refractivity contribution in [3.63, 3.8) is 0 Å². The molecule has 22 heteroatoms. The molecule has 368 valence electrons. The van der Waals surface area contributed by atoms with Gasteiger partial charge in [-0.3, -0.25) is 39.2 Å². The van der Waals surface area contributed by atoms with Crippen molar-refractivity contribution in [1.82, 2.24) is 30.2 Å². The van der Waals surface area contributed by atoms with E-state index in [1.165, 1.54) is 22.7 Å². The van der Waals surface area contributed by atoms with E-state index in [1.54, 1.807) is 60.0 Å². The molecule has 2 aromatic carbocycles. The largest absolute Gasteiger partial charge is 0.444 e. The Morgan fingerprint density at radius 1 is 0.577 bits per heavy atom. The number of nitrogens with zero attached hydrogens (tertiary/aromatic N) is 11. The summed E-state index contributed by atoms with van der Waals surface area (Å²) < 4.78 is 5.49. The second-order valence-corrected chi connectivity index (χ2v) is 19.4. The molecule has 0 atom stereocenters. The minimum Gasteiger partial charge on any atom is -0.444 e. The number of benzene rings is 2. The van der Waals surface area contributed by atoms with E-state index >= 15 is 0 Å². The van der Waals surface area contributed by atoms with Gasteiger partial charge in [0.1, 0.15) is 17.0 Å². The van der Waals surface area contributed by atoms with E-state index in [9.17, 15) is 24.0 Å². The molecule has 4 aliphatic rings. The van der Waals surface area contributed by atoms with Crippen molar-refractivity contribution in [2.24, 2.45) is 0 Å². The molecule has 0 spiro atoms. The quantitative estimate of drug-likeness (QED) is 0.127. The molecule has 0 unspecified atom stereocenters. The number of hydrogen-bond donors (Lipinski definition) is 3. The van der Waals surface area contributed by atoms with Crippen LogP contribution in [0.3, 0.4) is 0 Å². The fraction of sp³-hybridized carbons (Fsp3) is 0.327. The zero-order valence-corrected chi connectivity index (χ0v) is 41.2. The van der Waals surface area contributed by atoms with E-state index in [1.807, 2.05) is 93.6 Å². The summed E-state index contributed by atoms with van der Waals surface area (Å²) in [5.41, 5.74) is 4.61. The number of carbonyl (C=O) groups is 5. The molecule has 4 saturated heterocycles. The number of rotatable bonds is 10. The van der Waals surface area contributed by atoms with Crippen LogP contribution in [0.15, 0.2) is 108 Å². The number of aromatic nitrogens is 4. The number of piperazine rings is 2. The van der Waals surface area contributed by atoms with Gasteiger partial charge in [0, 0.05) is 113 Å². The Bertz CT molecular complexity index is 2850. The number of thiazole rings is 2. The van der Waals surface area contributed by atoms with E-state index in [0.717, 1.165) is 48.9 Å². The van der Waals surface area contributed by atoms with Crippen molar-refractivity contribution in [3.8, 4) is 0 Å². The fourth-order valence-electron chi connectivity index (χ4n) is 8.36. The molecule has 6 aromatic rings. The van der Waals surface area contributed by atoms with Crippen LogP contribution in [-0.4, -0.2) is 139 Å². The van der Waals surface area contributed by atoms with Crippen LogP contribution < -0.4 is 45.3 Å². The van der Waals surface area contributed by atoms with Crippen LogP contribution in [0.4, 0.5) is 58.8 Å². The van der Waals surface area contributed by atoms with Crippen LogP contribution in [0, 0.1) is 0 Å². The molecule has 71 heavy (non-hydrogen) atoms. The summed E-state index contributed by atoms with van der Waals surface area (Å²) in [6.45, 7) is 13.4. The van der Waals surface area contributed by atoms with Gasteiger partial charge < -0.3 is 35.4 Å². The van der Waals surface area contributed by atoms with Crippen molar-refractivity contribution >= 4 is 97.0 Å². The second-order valence-electron chi connectivity index (χ2n) is 17.8. The summed E-state index contributed by atoms with van der Waals surface area (Å²) in [5.74, 6) is -0.700. The highest BCUT2D eigenvalue weighted by molar-refractivity contribution is 7.14. The topological polar surface area (TPSA) is 205 Å². The van der Waals surface area contributed by atoms with Gasteiger partial charge in [-0.15, -0.1) is 22.7 Å². The van der Waals surface area contributed by atoms with Crippen molar-refractivity contribution < 1.29 is 28.7 Å². The second kappa shape index (κ2) is 21.5. The van der Waals surface area contributed by atoms with E-state index in [-0.39, 0.29) is 41.4 Å². The maximum Gasteiger partial charge on any atom is 0.410 e. The van der Waals surface area contributed by atoms with Crippen LogP contribution in [0.2, 0.25) is 0 Å². The predicted molar refractivity (Wildman–Crippen MR) is 277 cm³/mol. The normalized spacial score (nSPS) is 16.2. The number of carbonyl (C=O) groups excluding carboxylic acids is 5. The van der Waals surface area contributed by atoms with Crippen molar-refractivity contribution in [3.05, 3.63) is 120 Å². The Morgan fingerprint density at radius 2 is 1.01 bits per heavy atom. The lowest BCUT2D eigenvalue weighted by Gasteiger charge is -2.37. The summed E-state index contributed by atoms with van der Waals surface area (Å²) in [7, 11) is 0. The zero-order valence-electron chi connectivity index (χ0n) is 39.6. The molecule has 3 N–H and O–H groups in total. The molecule has 4 aliphatic heterocycles. The standard InChI is InChI=1S/C27H31N7O4S.C22H23N7O2S/c1-27(2,3)38-26(37)32-13-11-31(12-14-32)22-9-10-28-17-20(22)29-23(35)21-18-39-24(30-21)34-16-15-33(25(34)36)19-7-5-4-6-8-19;30-20(25-17-14-24-7-6-19(17)27-10-8-23-9-11-27)18-15-32-21(26-18)29-13-12-28(22(29)31)16-4-2-1-3-5-16/h4-10,17-18H,11-16H2,1-3H3,(H,29,35);1-7,14-15,23H,8-13H2,(H,25,30). The number of urea groups is 2. The SMILES string of the molecule is CC(C)(C)OC(=O)N1CCN(c2ccncc2NC(=O)c2csc(N3CCN(c4ccccc4)C3=O)n2)CC1.O=C(Nc1cnccc1N1CCNCC1)c1csc(N2CCN(c3ccccc3)C2=O)n1. The molecule has 0 bridgehead atoms. The number of para-hydroxylation sites is 2. The minimum atomic E-state index is -0.546. The van der Waals surface area contributed by atoms with Gasteiger partial charge in [-0.05, 0) is 57.2 Å². The Hall–Kier alpha value is -7.69. The summed E-state index contributed by atoms with van der Waals surface area (Å²) in [6, 6.07) is 22.5. The summed E-state index contributed by atoms with van der Waals surface area (Å²) in [4.78, 5) is 94.2. The van der Waals surface area contributed by atoms with Gasteiger partial charge in [0.05, 0.1) is 35.1 Å². The number of ether oxygens (including phenoxy) is 1. The molecule has 7 amide bonds. The van der Waals surface area contributed by atoms with Gasteiger partial charge in [-0.25, -0.2) is 24.4 Å². The van der Waals surface area contributed by atoms with Crippen LogP contribution in [0.1, 0.15) is 41.7 Å². The lowest BCUT2D eigenvalue weighted by molar-refractivity contribution is 0.0240. The van der Waals surface area contributed by atoms with E-state index in [4.69, 9.17) is 4.74 Å². The Balaban J connectivity index is 0.000000179. The maximum absolute atomic E-state index is 13.1. The first-order valence-corrected chi connectivity index (χ1v) is 25.0. The third-order valence-corrected chi connectivity index (χ3v) is 13.6. The molecule has 0 saturated carbocycles. The van der Waals surface area contributed by atoms with Crippen LogP contribution in [0.25, 0.3) is 0 Å². The molecular formula is C49H54N14O6S2. The summed E-state index contributed by atoms with van der Waals surface area (Å²) >= 11 is 2.55. The Kier molecular flexibility index (Phi) is 14.7. The lowest BCUT2D eigenvalue weighted by Crippen LogP contribution is -2.50. The van der Waals surface area contributed by atoms with Crippen molar-refractivity contribution in [1.29, 1.82) is 0 Å². The minimum absolute atomic E-state index is 0.134. The number of amides is 7. The lowest BCUT2D eigenvalue weighted by atomic mass is 10.2. The fourth-order valence-corrected chi connectivity index (χ4v) is 10.0. The highest BCUT2D eigenvalue weighted by Gasteiger charge is 2.35. The molecule has 8 heterocycles. The molecular weight excluding hydrogens is 945 g/mol. The van der Waals surface area contributed by atoms with E-state index in [2.05, 4.69) is 45.7 Å². The molecule has 20 nitrogen and oxygen atoms in total. The first-order valence-electron chi connectivity index (χ1n) is 23.3. The number of hydrogen-bond acceptors (Lipinski definition) is 15. The Morgan fingerprint density at radius 3 is 1.46 bits per heavy atom. The molecule has 4 aromatic heterocycles. The predicted octanol–water partition coefficient (Wildman–Crippen LogP) is 6.94. The van der Waals surface area contributed by atoms with Crippen LogP contribution in [0.5, 0.6) is 0 Å². The number of anilines is 8. The van der Waals surface area contributed by atoms with Crippen molar-refractivity contribution in [2.75, 3.05) is 119 Å². The monoisotopic (exact) mass is 998 g/mol. The van der Waals surface area contributed by atoms with Gasteiger partial charge in [-0.1, -0.05) is 36.4 Å². The van der Waals surface area contributed by atoms with Crippen molar-refractivity contribution in [2.45, 2.75) is 26.4 Å². The first kappa shape index (κ1) is 48.3. The smallest absolute Gasteiger partial charge is 0.410 e. The molecule has 10 rings (SSSR count). The average Bonchev–Trinajstić information content (AvgIpc) is 4.22. The molecule has 0 aliphatic carbocycles. The van der Waals surface area contributed by atoms with E-state index in [0.29, 0.717) is 74.0 Å². The van der Waals surface area contributed by atoms with Crippen LogP contribution >= 0.6 is 22.7 Å². The average molecular weight is 999 g/mol. The number of pyridine rings is 2. The maximum atomic E-state index is 13.1. The van der Waals surface area contributed by atoms with Gasteiger partial charge in [0.2, 0.25) is 0 Å². The molecule has 4 fully saturated rings. The third-order valence-electron chi connectivity index (χ3n) is 11.9. The van der Waals surface area contributed by atoms with Gasteiger partial charge in [0.25, 0.3) is 11.8 Å². The number of nitrogens with one attached hydrogen (secondary N) is 3. The van der Waals surface area contributed by atoms with Gasteiger partial charge in [-0.2, -0.15) is 0 Å². The highest BCUT2D eigenvalue weighted by atomic mass is 32.1. The summed E-state index contributed by atoms with van der Waals surface area (Å²) in [5, 5.41) is 13.5. The Labute approximate surface area is 418 Å². The zero-order chi connectivity index (χ0) is 49.5. The summed E-state index contributed by atoms with van der Waals surface area (Å²) in [6.07, 6.45) is 6.33. The first-order chi connectivity index (χ1) is 34.4. The van der Waals surface area contributed by atoms with E-state index < -0.39 is 5.60 Å². The highest BCUT2D eigenvalue weighted by Crippen LogP contribution is 2.32. The van der Waals surface area contributed by atoms with Crippen LogP contribution in [-0.2, 0) is 4.74 Å². The van der Waals surface area contributed by atoms with Gasteiger partial charge >= 0.3 is 18.2 Å².